The van der Waals surface area contributed by atoms with E-state index in [1.165, 1.54) is 23.8 Å². The van der Waals surface area contributed by atoms with Gasteiger partial charge in [-0.2, -0.15) is 0 Å². The van der Waals surface area contributed by atoms with Crippen LogP contribution < -0.4 is 16.2 Å². The number of rotatable bonds is 8. The summed E-state index contributed by atoms with van der Waals surface area (Å²) >= 11 is 0. The molecule has 1 aliphatic heterocycles. The molecule has 3 aromatic carbocycles. The molecule has 40 heavy (non-hydrogen) atoms. The van der Waals surface area contributed by atoms with Gasteiger partial charge in [-0.05, 0) is 48.2 Å². The van der Waals surface area contributed by atoms with Crippen LogP contribution in [0.5, 0.6) is 0 Å². The van der Waals surface area contributed by atoms with Crippen molar-refractivity contribution < 1.29 is 8.78 Å². The number of anilines is 1. The lowest BCUT2D eigenvalue weighted by atomic mass is 9.96. The van der Waals surface area contributed by atoms with Crippen molar-refractivity contribution in [2.24, 2.45) is 5.73 Å². The van der Waals surface area contributed by atoms with Gasteiger partial charge < -0.3 is 15.2 Å². The zero-order chi connectivity index (χ0) is 28.2. The Hall–Kier alpha value is -3.81. The van der Waals surface area contributed by atoms with Crippen molar-refractivity contribution in [1.82, 2.24) is 9.47 Å². The summed E-state index contributed by atoms with van der Waals surface area (Å²) in [5.41, 5.74) is 11.4. The van der Waals surface area contributed by atoms with Gasteiger partial charge in [0.2, 0.25) is 0 Å². The van der Waals surface area contributed by atoms with Crippen LogP contribution >= 0.6 is 0 Å². The second kappa shape index (κ2) is 12.1. The Morgan fingerprint density at radius 3 is 2.02 bits per heavy atom. The summed E-state index contributed by atoms with van der Waals surface area (Å²) < 4.78 is 31.2. The molecule has 2 N–H and O–H groups in total. The summed E-state index contributed by atoms with van der Waals surface area (Å²) in [4.78, 5) is 18.6. The van der Waals surface area contributed by atoms with E-state index in [9.17, 15) is 13.6 Å². The lowest BCUT2D eigenvalue weighted by Crippen LogP contribution is -2.48. The summed E-state index contributed by atoms with van der Waals surface area (Å²) in [5, 5.41) is 0. The Kier molecular flexibility index (Phi) is 8.43. The normalized spacial score (nSPS) is 14.9. The maximum Gasteiger partial charge on any atom is 0.274 e. The zero-order valence-corrected chi connectivity index (χ0v) is 23.1. The average Bonchev–Trinajstić information content (AvgIpc) is 2.96. The summed E-state index contributed by atoms with van der Waals surface area (Å²) in [6.45, 7) is 7.86. The van der Waals surface area contributed by atoms with E-state index in [1.54, 1.807) is 4.57 Å². The molecule has 1 unspecified atom stereocenters. The number of hydrogen-bond acceptors (Lipinski definition) is 4. The first-order valence-corrected chi connectivity index (χ1v) is 13.8. The number of aromatic nitrogens is 1. The van der Waals surface area contributed by atoms with Gasteiger partial charge in [0, 0.05) is 63.0 Å². The molecule has 7 heteroatoms. The number of halogens is 2. The van der Waals surface area contributed by atoms with E-state index in [4.69, 9.17) is 5.73 Å². The highest BCUT2D eigenvalue weighted by molar-refractivity contribution is 5.57. The van der Waals surface area contributed by atoms with E-state index >= 15 is 0 Å². The first-order valence-electron chi connectivity index (χ1n) is 13.8. The Balaban J connectivity index is 1.50. The van der Waals surface area contributed by atoms with Crippen molar-refractivity contribution in [1.29, 1.82) is 0 Å². The molecule has 0 aliphatic carbocycles. The molecule has 0 spiro atoms. The summed E-state index contributed by atoms with van der Waals surface area (Å²) in [6, 6.07) is 23.5. The summed E-state index contributed by atoms with van der Waals surface area (Å²) in [6.07, 6.45) is 0.0536. The maximum absolute atomic E-state index is 14.7. The molecule has 1 aliphatic rings. The van der Waals surface area contributed by atoms with Crippen LogP contribution in [0.1, 0.15) is 39.6 Å². The van der Waals surface area contributed by atoms with E-state index in [1.807, 2.05) is 62.4 Å². The second-order valence-corrected chi connectivity index (χ2v) is 10.6. The Morgan fingerprint density at radius 2 is 1.40 bits per heavy atom. The number of nitrogens with two attached hydrogens (primary N) is 1. The SMILES string of the molecule is Cc1c(Cc2c(F)cccc2F)c(C)n(CC(N)c2ccccc2)c(=O)c1N1CCN(Cc2ccccc2)CC1. The average molecular weight is 543 g/mol. The van der Waals surface area contributed by atoms with Gasteiger partial charge in [-0.1, -0.05) is 66.7 Å². The van der Waals surface area contributed by atoms with Crippen molar-refractivity contribution in [3.63, 3.8) is 0 Å². The van der Waals surface area contributed by atoms with Gasteiger partial charge in [0.15, 0.2) is 0 Å². The molecular formula is C33H36F2N4O. The third-order valence-electron chi connectivity index (χ3n) is 8.06. The fourth-order valence-corrected chi connectivity index (χ4v) is 5.72. The molecule has 0 radical (unpaired) electrons. The van der Waals surface area contributed by atoms with Gasteiger partial charge in [0.1, 0.15) is 17.3 Å². The fraction of sp³-hybridized carbons (Fsp3) is 0.303. The highest BCUT2D eigenvalue weighted by Gasteiger charge is 2.26. The lowest BCUT2D eigenvalue weighted by molar-refractivity contribution is 0.249. The molecule has 5 rings (SSSR count). The molecule has 1 saturated heterocycles. The first-order chi connectivity index (χ1) is 19.3. The van der Waals surface area contributed by atoms with Crippen molar-refractivity contribution in [3.8, 4) is 0 Å². The van der Waals surface area contributed by atoms with Crippen LogP contribution in [0.2, 0.25) is 0 Å². The number of nitrogens with zero attached hydrogens (tertiary/aromatic N) is 3. The topological polar surface area (TPSA) is 54.5 Å². The van der Waals surface area contributed by atoms with Crippen LogP contribution in [-0.2, 0) is 19.5 Å². The van der Waals surface area contributed by atoms with E-state index in [2.05, 4.69) is 21.9 Å². The molecule has 1 fully saturated rings. The molecule has 0 amide bonds. The molecule has 2 heterocycles. The second-order valence-electron chi connectivity index (χ2n) is 10.6. The minimum Gasteiger partial charge on any atom is -0.364 e. The number of piperazine rings is 1. The van der Waals surface area contributed by atoms with Crippen molar-refractivity contribution in [2.75, 3.05) is 31.1 Å². The third kappa shape index (κ3) is 5.86. The predicted octanol–water partition coefficient (Wildman–Crippen LogP) is 5.36. The van der Waals surface area contributed by atoms with E-state index < -0.39 is 17.7 Å². The minimum absolute atomic E-state index is 0.00453. The molecule has 4 aromatic rings. The van der Waals surface area contributed by atoms with Gasteiger partial charge in [-0.15, -0.1) is 0 Å². The van der Waals surface area contributed by atoms with Gasteiger partial charge in [0.25, 0.3) is 5.56 Å². The first kappa shape index (κ1) is 27.7. The summed E-state index contributed by atoms with van der Waals surface area (Å²) in [7, 11) is 0. The Labute approximate surface area is 234 Å². The molecule has 5 nitrogen and oxygen atoms in total. The molecule has 1 aromatic heterocycles. The van der Waals surface area contributed by atoms with E-state index in [0.29, 0.717) is 24.5 Å². The van der Waals surface area contributed by atoms with Gasteiger partial charge in [-0.25, -0.2) is 8.78 Å². The van der Waals surface area contributed by atoms with Gasteiger partial charge in [-0.3, -0.25) is 9.69 Å². The quantitative estimate of drug-likeness (QED) is 0.326. The van der Waals surface area contributed by atoms with Gasteiger partial charge >= 0.3 is 0 Å². The van der Waals surface area contributed by atoms with E-state index in [-0.39, 0.29) is 24.1 Å². The highest BCUT2D eigenvalue weighted by Crippen LogP contribution is 2.28. The minimum atomic E-state index is -0.589. The number of hydrogen-bond donors (Lipinski definition) is 1. The fourth-order valence-electron chi connectivity index (χ4n) is 5.72. The monoisotopic (exact) mass is 542 g/mol. The smallest absolute Gasteiger partial charge is 0.274 e. The van der Waals surface area contributed by atoms with Crippen LogP contribution in [-0.4, -0.2) is 35.6 Å². The summed E-state index contributed by atoms with van der Waals surface area (Å²) in [5.74, 6) is -1.18. The third-order valence-corrected chi connectivity index (χ3v) is 8.06. The standard InChI is InChI=1S/C33H36F2N4O/c1-23-27(20-28-29(34)14-9-15-30(28)35)24(2)39(22-31(36)26-12-7-4-8-13-26)33(40)32(23)38-18-16-37(17-19-38)21-25-10-5-3-6-11-25/h3-15,31H,16-22,36H2,1-2H3. The largest absolute Gasteiger partial charge is 0.364 e. The van der Waals surface area contributed by atoms with Gasteiger partial charge in [0.05, 0.1) is 0 Å². The Bertz CT molecular complexity index is 1490. The Morgan fingerprint density at radius 1 is 0.800 bits per heavy atom. The van der Waals surface area contributed by atoms with E-state index in [0.717, 1.165) is 36.3 Å². The lowest BCUT2D eigenvalue weighted by Gasteiger charge is -2.37. The molecule has 0 saturated carbocycles. The van der Waals surface area contributed by atoms with Crippen molar-refractivity contribution in [3.05, 3.63) is 134 Å². The van der Waals surface area contributed by atoms with Crippen molar-refractivity contribution in [2.45, 2.75) is 39.4 Å². The van der Waals surface area contributed by atoms with Crippen LogP contribution in [0, 0.1) is 25.5 Å². The van der Waals surface area contributed by atoms with Crippen LogP contribution in [0.4, 0.5) is 14.5 Å². The van der Waals surface area contributed by atoms with Crippen LogP contribution in [0.15, 0.2) is 83.7 Å². The molecule has 208 valence electrons. The van der Waals surface area contributed by atoms with Crippen LogP contribution in [0.3, 0.4) is 0 Å². The molecule has 0 bridgehead atoms. The van der Waals surface area contributed by atoms with Crippen LogP contribution in [0.25, 0.3) is 0 Å². The maximum atomic E-state index is 14.7. The number of benzene rings is 3. The predicted molar refractivity (Wildman–Crippen MR) is 157 cm³/mol. The molecule has 1 atom stereocenters. The van der Waals surface area contributed by atoms with Crippen molar-refractivity contribution >= 4 is 5.69 Å². The number of pyridine rings is 1. The highest BCUT2D eigenvalue weighted by atomic mass is 19.1. The molecular weight excluding hydrogens is 506 g/mol. The zero-order valence-electron chi connectivity index (χ0n) is 23.1.